The molecule has 1 aromatic carbocycles. The number of hydrogen-bond acceptors (Lipinski definition) is 4. The van der Waals surface area contributed by atoms with Crippen LogP contribution in [-0.4, -0.2) is 43.4 Å². The standard InChI is InChI=1S/C14H20N2O2S/c1-16(2)14(17)10-5-6-12(15)13(8-10)19-9-11-4-3-7-18-11/h5-6,8,11H,3-4,7,9,15H2,1-2H3. The molecule has 0 aromatic heterocycles. The van der Waals surface area contributed by atoms with Crippen molar-refractivity contribution in [1.82, 2.24) is 4.90 Å². The number of ether oxygens (including phenoxy) is 1. The Hall–Kier alpha value is -1.20. The second kappa shape index (κ2) is 6.30. The highest BCUT2D eigenvalue weighted by atomic mass is 32.2. The molecule has 0 aliphatic carbocycles. The third-order valence-electron chi connectivity index (χ3n) is 3.12. The minimum absolute atomic E-state index is 0.000957. The number of amides is 1. The molecule has 104 valence electrons. The third-order valence-corrected chi connectivity index (χ3v) is 4.32. The van der Waals surface area contributed by atoms with Crippen LogP contribution in [0.1, 0.15) is 23.2 Å². The summed E-state index contributed by atoms with van der Waals surface area (Å²) in [6.07, 6.45) is 2.57. The zero-order valence-electron chi connectivity index (χ0n) is 11.4. The first-order chi connectivity index (χ1) is 9.08. The number of thioether (sulfide) groups is 1. The van der Waals surface area contributed by atoms with E-state index in [1.807, 2.05) is 6.07 Å². The first-order valence-corrected chi connectivity index (χ1v) is 7.42. The fraction of sp³-hybridized carbons (Fsp3) is 0.500. The van der Waals surface area contributed by atoms with Gasteiger partial charge in [-0.3, -0.25) is 4.79 Å². The number of rotatable bonds is 4. The molecule has 1 unspecified atom stereocenters. The monoisotopic (exact) mass is 280 g/mol. The number of anilines is 1. The summed E-state index contributed by atoms with van der Waals surface area (Å²) in [7, 11) is 3.50. The number of carbonyl (C=O) groups is 1. The van der Waals surface area contributed by atoms with E-state index in [1.54, 1.807) is 42.9 Å². The summed E-state index contributed by atoms with van der Waals surface area (Å²) in [5.41, 5.74) is 7.36. The van der Waals surface area contributed by atoms with E-state index in [0.29, 0.717) is 11.7 Å². The van der Waals surface area contributed by atoms with Crippen LogP contribution in [0, 0.1) is 0 Å². The fourth-order valence-corrected chi connectivity index (χ4v) is 3.08. The van der Waals surface area contributed by atoms with Crippen molar-refractivity contribution in [2.45, 2.75) is 23.8 Å². The highest BCUT2D eigenvalue weighted by Gasteiger charge is 2.17. The maximum atomic E-state index is 11.9. The van der Waals surface area contributed by atoms with Crippen molar-refractivity contribution in [3.63, 3.8) is 0 Å². The van der Waals surface area contributed by atoms with E-state index in [2.05, 4.69) is 0 Å². The Balaban J connectivity index is 2.06. The van der Waals surface area contributed by atoms with Crippen molar-refractivity contribution in [2.75, 3.05) is 32.2 Å². The third kappa shape index (κ3) is 3.64. The molecular weight excluding hydrogens is 260 g/mol. The predicted octanol–water partition coefficient (Wildman–Crippen LogP) is 2.24. The maximum absolute atomic E-state index is 11.9. The van der Waals surface area contributed by atoms with E-state index in [1.165, 1.54) is 0 Å². The van der Waals surface area contributed by atoms with Crippen LogP contribution in [0.3, 0.4) is 0 Å². The predicted molar refractivity (Wildman–Crippen MR) is 78.6 cm³/mol. The number of benzene rings is 1. The van der Waals surface area contributed by atoms with Crippen molar-refractivity contribution in [1.29, 1.82) is 0 Å². The van der Waals surface area contributed by atoms with E-state index >= 15 is 0 Å². The molecule has 19 heavy (non-hydrogen) atoms. The van der Waals surface area contributed by atoms with Gasteiger partial charge in [0.05, 0.1) is 6.10 Å². The van der Waals surface area contributed by atoms with Gasteiger partial charge in [-0.2, -0.15) is 0 Å². The molecule has 1 heterocycles. The first-order valence-electron chi connectivity index (χ1n) is 6.43. The maximum Gasteiger partial charge on any atom is 0.253 e. The summed E-state index contributed by atoms with van der Waals surface area (Å²) in [5.74, 6) is 0.892. The molecule has 2 rings (SSSR count). The van der Waals surface area contributed by atoms with Crippen LogP contribution in [0.25, 0.3) is 0 Å². The lowest BCUT2D eigenvalue weighted by Gasteiger charge is -2.13. The van der Waals surface area contributed by atoms with Gasteiger partial charge in [0.15, 0.2) is 0 Å². The van der Waals surface area contributed by atoms with E-state index in [4.69, 9.17) is 10.5 Å². The van der Waals surface area contributed by atoms with Gasteiger partial charge in [0.1, 0.15) is 0 Å². The number of nitrogens with two attached hydrogens (primary N) is 1. The van der Waals surface area contributed by atoms with E-state index in [9.17, 15) is 4.79 Å². The first kappa shape index (κ1) is 14.2. The van der Waals surface area contributed by atoms with Gasteiger partial charge in [0.25, 0.3) is 5.91 Å². The lowest BCUT2D eigenvalue weighted by atomic mass is 10.2. The van der Waals surface area contributed by atoms with Crippen LogP contribution in [0.15, 0.2) is 23.1 Å². The van der Waals surface area contributed by atoms with Crippen molar-refractivity contribution >= 4 is 23.4 Å². The Bertz CT molecular complexity index is 457. The van der Waals surface area contributed by atoms with Gasteiger partial charge in [0.2, 0.25) is 0 Å². The molecule has 5 heteroatoms. The van der Waals surface area contributed by atoms with Crippen molar-refractivity contribution in [2.24, 2.45) is 0 Å². The number of carbonyl (C=O) groups excluding carboxylic acids is 1. The van der Waals surface area contributed by atoms with Gasteiger partial charge >= 0.3 is 0 Å². The van der Waals surface area contributed by atoms with Crippen LogP contribution in [0.2, 0.25) is 0 Å². The Labute approximate surface area is 118 Å². The molecular formula is C14H20N2O2S. The molecule has 1 fully saturated rings. The molecule has 0 saturated carbocycles. The van der Waals surface area contributed by atoms with Crippen LogP contribution >= 0.6 is 11.8 Å². The van der Waals surface area contributed by atoms with Crippen molar-refractivity contribution in [3.8, 4) is 0 Å². The van der Waals surface area contributed by atoms with Gasteiger partial charge in [-0.15, -0.1) is 11.8 Å². The summed E-state index contributed by atoms with van der Waals surface area (Å²) in [4.78, 5) is 14.5. The summed E-state index contributed by atoms with van der Waals surface area (Å²) < 4.78 is 5.59. The number of hydrogen-bond donors (Lipinski definition) is 1. The van der Waals surface area contributed by atoms with Gasteiger partial charge in [-0.1, -0.05) is 0 Å². The van der Waals surface area contributed by atoms with Crippen molar-refractivity contribution in [3.05, 3.63) is 23.8 Å². The van der Waals surface area contributed by atoms with Crippen LogP contribution < -0.4 is 5.73 Å². The van der Waals surface area contributed by atoms with Gasteiger partial charge in [-0.05, 0) is 31.0 Å². The molecule has 1 amide bonds. The summed E-state index contributed by atoms with van der Waals surface area (Å²) in [6.45, 7) is 0.861. The van der Waals surface area contributed by atoms with Gasteiger partial charge in [-0.25, -0.2) is 0 Å². The lowest BCUT2D eigenvalue weighted by molar-refractivity contribution is 0.0827. The Morgan fingerprint density at radius 3 is 2.95 bits per heavy atom. The van der Waals surface area contributed by atoms with Gasteiger partial charge < -0.3 is 15.4 Å². The van der Waals surface area contributed by atoms with E-state index < -0.39 is 0 Å². The Kier molecular flexibility index (Phi) is 4.71. The Morgan fingerprint density at radius 2 is 2.32 bits per heavy atom. The zero-order chi connectivity index (χ0) is 13.8. The second-order valence-corrected chi connectivity index (χ2v) is 5.96. The summed E-state index contributed by atoms with van der Waals surface area (Å²) >= 11 is 1.67. The van der Waals surface area contributed by atoms with Crippen LogP contribution in [0.4, 0.5) is 5.69 Å². The molecule has 1 aromatic rings. The average Bonchev–Trinajstić information content (AvgIpc) is 2.90. The van der Waals surface area contributed by atoms with Gasteiger partial charge in [0, 0.05) is 42.6 Å². The van der Waals surface area contributed by atoms with Crippen LogP contribution in [0.5, 0.6) is 0 Å². The minimum atomic E-state index is -0.000957. The molecule has 1 atom stereocenters. The van der Waals surface area contributed by atoms with Crippen molar-refractivity contribution < 1.29 is 9.53 Å². The fourth-order valence-electron chi connectivity index (χ4n) is 2.01. The highest BCUT2D eigenvalue weighted by molar-refractivity contribution is 7.99. The number of nitrogens with zero attached hydrogens (tertiary/aromatic N) is 1. The molecule has 1 aliphatic heterocycles. The zero-order valence-corrected chi connectivity index (χ0v) is 12.2. The van der Waals surface area contributed by atoms with E-state index in [-0.39, 0.29) is 5.91 Å². The molecule has 0 spiro atoms. The lowest BCUT2D eigenvalue weighted by Crippen LogP contribution is -2.21. The molecule has 1 saturated heterocycles. The molecule has 4 nitrogen and oxygen atoms in total. The smallest absolute Gasteiger partial charge is 0.253 e. The molecule has 0 radical (unpaired) electrons. The molecule has 1 aliphatic rings. The molecule has 0 bridgehead atoms. The number of nitrogen functional groups attached to an aromatic ring is 1. The van der Waals surface area contributed by atoms with E-state index in [0.717, 1.165) is 35.8 Å². The molecule has 2 N–H and O–H groups in total. The Morgan fingerprint density at radius 1 is 1.53 bits per heavy atom. The highest BCUT2D eigenvalue weighted by Crippen LogP contribution is 2.29. The largest absolute Gasteiger partial charge is 0.398 e. The normalized spacial score (nSPS) is 18.5. The second-order valence-electron chi connectivity index (χ2n) is 4.90. The summed E-state index contributed by atoms with van der Waals surface area (Å²) in [5, 5.41) is 0. The SMILES string of the molecule is CN(C)C(=O)c1ccc(N)c(SCC2CCCO2)c1. The minimum Gasteiger partial charge on any atom is -0.398 e. The average molecular weight is 280 g/mol. The van der Waals surface area contributed by atoms with Crippen LogP contribution in [-0.2, 0) is 4.74 Å². The topological polar surface area (TPSA) is 55.6 Å². The summed E-state index contributed by atoms with van der Waals surface area (Å²) in [6, 6.07) is 5.44. The quantitative estimate of drug-likeness (QED) is 0.679.